The highest BCUT2D eigenvalue weighted by molar-refractivity contribution is 8.14. The van der Waals surface area contributed by atoms with E-state index in [9.17, 15) is 14.7 Å². The molecule has 0 aromatic rings. The molecule has 1 aliphatic carbocycles. The van der Waals surface area contributed by atoms with E-state index in [0.717, 1.165) is 24.6 Å². The normalized spacial score (nSPS) is 28.8. The van der Waals surface area contributed by atoms with Gasteiger partial charge in [0.05, 0.1) is 5.60 Å². The maximum absolute atomic E-state index is 11.9. The van der Waals surface area contributed by atoms with Crippen molar-refractivity contribution in [2.24, 2.45) is 5.41 Å². The molecule has 0 radical (unpaired) electrons. The zero-order valence-corrected chi connectivity index (χ0v) is 12.3. The summed E-state index contributed by atoms with van der Waals surface area (Å²) in [4.78, 5) is 22.9. The van der Waals surface area contributed by atoms with Crippen LogP contribution in [0, 0.1) is 5.41 Å². The molecule has 1 aliphatic heterocycles. The zero-order valence-electron chi connectivity index (χ0n) is 11.5. The molecule has 2 aliphatic rings. The lowest BCUT2D eigenvalue weighted by Crippen LogP contribution is -2.51. The van der Waals surface area contributed by atoms with Gasteiger partial charge in [-0.05, 0) is 31.1 Å². The monoisotopic (exact) mass is 286 g/mol. The third-order valence-corrected chi connectivity index (χ3v) is 5.00. The first kappa shape index (κ1) is 14.7. The maximum Gasteiger partial charge on any atom is 0.279 e. The summed E-state index contributed by atoms with van der Waals surface area (Å²) in [6.45, 7) is 4.69. The SMILES string of the molecule is CC1(C)CCC(O)(CNC(=O)C2CSC(=O)N2)CC1. The van der Waals surface area contributed by atoms with Crippen LogP contribution in [-0.4, -0.2) is 40.2 Å². The van der Waals surface area contributed by atoms with Crippen LogP contribution in [0.1, 0.15) is 39.5 Å². The summed E-state index contributed by atoms with van der Waals surface area (Å²) in [5.41, 5.74) is -0.507. The van der Waals surface area contributed by atoms with Gasteiger partial charge in [-0.2, -0.15) is 0 Å². The molecule has 1 unspecified atom stereocenters. The second-order valence-electron chi connectivity index (χ2n) is 6.40. The lowest BCUT2D eigenvalue weighted by atomic mass is 9.71. The highest BCUT2D eigenvalue weighted by Crippen LogP contribution is 2.39. The van der Waals surface area contributed by atoms with Gasteiger partial charge in [-0.3, -0.25) is 9.59 Å². The number of hydrogen-bond donors (Lipinski definition) is 3. The first-order chi connectivity index (χ1) is 8.80. The minimum absolute atomic E-state index is 0.154. The molecule has 108 valence electrons. The van der Waals surface area contributed by atoms with Crippen molar-refractivity contribution in [1.82, 2.24) is 10.6 Å². The average molecular weight is 286 g/mol. The zero-order chi connectivity index (χ0) is 14.1. The predicted octanol–water partition coefficient (Wildman–Crippen LogP) is 1.26. The lowest BCUT2D eigenvalue weighted by Gasteiger charge is -2.40. The van der Waals surface area contributed by atoms with Crippen LogP contribution in [0.25, 0.3) is 0 Å². The van der Waals surface area contributed by atoms with Gasteiger partial charge in [0.15, 0.2) is 0 Å². The topological polar surface area (TPSA) is 78.4 Å². The molecular formula is C13H22N2O3S. The van der Waals surface area contributed by atoms with Crippen molar-refractivity contribution in [3.8, 4) is 0 Å². The van der Waals surface area contributed by atoms with Gasteiger partial charge >= 0.3 is 0 Å². The van der Waals surface area contributed by atoms with Gasteiger partial charge in [0.1, 0.15) is 6.04 Å². The van der Waals surface area contributed by atoms with Gasteiger partial charge < -0.3 is 15.7 Å². The quantitative estimate of drug-likeness (QED) is 0.730. The molecule has 5 nitrogen and oxygen atoms in total. The Morgan fingerprint density at radius 1 is 1.42 bits per heavy atom. The third kappa shape index (κ3) is 3.86. The fourth-order valence-electron chi connectivity index (χ4n) is 2.47. The molecule has 2 rings (SSSR count). The van der Waals surface area contributed by atoms with Gasteiger partial charge in [-0.15, -0.1) is 0 Å². The summed E-state index contributed by atoms with van der Waals surface area (Å²) < 4.78 is 0. The van der Waals surface area contributed by atoms with E-state index in [-0.39, 0.29) is 23.1 Å². The fourth-order valence-corrected chi connectivity index (χ4v) is 3.25. The number of rotatable bonds is 3. The first-order valence-electron chi connectivity index (χ1n) is 6.73. The number of aliphatic hydroxyl groups is 1. The smallest absolute Gasteiger partial charge is 0.279 e. The van der Waals surface area contributed by atoms with E-state index in [0.29, 0.717) is 18.6 Å². The molecule has 0 spiro atoms. The predicted molar refractivity (Wildman–Crippen MR) is 75.0 cm³/mol. The average Bonchev–Trinajstić information content (AvgIpc) is 2.78. The second kappa shape index (κ2) is 5.32. The Kier molecular flexibility index (Phi) is 4.11. The van der Waals surface area contributed by atoms with Crippen molar-refractivity contribution in [3.63, 3.8) is 0 Å². The van der Waals surface area contributed by atoms with E-state index in [1.165, 1.54) is 0 Å². The molecule has 0 aromatic heterocycles. The van der Waals surface area contributed by atoms with Crippen molar-refractivity contribution in [1.29, 1.82) is 0 Å². The Morgan fingerprint density at radius 3 is 2.58 bits per heavy atom. The molecule has 6 heteroatoms. The molecular weight excluding hydrogens is 264 g/mol. The lowest BCUT2D eigenvalue weighted by molar-refractivity contribution is -0.124. The number of amides is 2. The Morgan fingerprint density at radius 2 is 2.05 bits per heavy atom. The molecule has 1 atom stereocenters. The Balaban J connectivity index is 1.79. The van der Waals surface area contributed by atoms with Crippen molar-refractivity contribution in [3.05, 3.63) is 0 Å². The van der Waals surface area contributed by atoms with Crippen LogP contribution in [-0.2, 0) is 4.79 Å². The first-order valence-corrected chi connectivity index (χ1v) is 7.72. The number of hydrogen-bond acceptors (Lipinski definition) is 4. The van der Waals surface area contributed by atoms with E-state index in [1.54, 1.807) is 0 Å². The summed E-state index contributed by atoms with van der Waals surface area (Å²) in [5.74, 6) is 0.271. The van der Waals surface area contributed by atoms with E-state index in [4.69, 9.17) is 0 Å². The standard InChI is InChI=1S/C13H22N2O3S/c1-12(2)3-5-13(18,6-4-12)8-14-10(16)9-7-19-11(17)15-9/h9,18H,3-8H2,1-2H3,(H,14,16)(H,15,17). The number of nitrogens with one attached hydrogen (secondary N) is 2. The van der Waals surface area contributed by atoms with E-state index >= 15 is 0 Å². The van der Waals surface area contributed by atoms with Crippen LogP contribution >= 0.6 is 11.8 Å². The van der Waals surface area contributed by atoms with Gasteiger partial charge in [0.2, 0.25) is 5.91 Å². The molecule has 1 saturated heterocycles. The minimum atomic E-state index is -0.791. The van der Waals surface area contributed by atoms with Crippen LogP contribution in [0.15, 0.2) is 0 Å². The molecule has 1 saturated carbocycles. The van der Waals surface area contributed by atoms with E-state index in [2.05, 4.69) is 24.5 Å². The Hall–Kier alpha value is -0.750. The summed E-state index contributed by atoms with van der Waals surface area (Å²) >= 11 is 1.12. The molecule has 3 N–H and O–H groups in total. The second-order valence-corrected chi connectivity index (χ2v) is 7.39. The summed E-state index contributed by atoms with van der Waals surface area (Å²) in [6, 6.07) is -0.457. The van der Waals surface area contributed by atoms with Crippen LogP contribution in [0.4, 0.5) is 4.79 Å². The molecule has 0 bridgehead atoms. The summed E-state index contributed by atoms with van der Waals surface area (Å²) in [6.07, 6.45) is 3.36. The van der Waals surface area contributed by atoms with Crippen LogP contribution in [0.3, 0.4) is 0 Å². The number of carbonyl (C=O) groups is 2. The van der Waals surface area contributed by atoms with Crippen LogP contribution < -0.4 is 10.6 Å². The largest absolute Gasteiger partial charge is 0.388 e. The Bertz CT molecular complexity index is 374. The van der Waals surface area contributed by atoms with E-state index < -0.39 is 11.6 Å². The maximum atomic E-state index is 11.9. The van der Waals surface area contributed by atoms with Crippen molar-refractivity contribution in [2.75, 3.05) is 12.3 Å². The van der Waals surface area contributed by atoms with Crippen molar-refractivity contribution in [2.45, 2.75) is 51.2 Å². The van der Waals surface area contributed by atoms with Gasteiger partial charge in [-0.25, -0.2) is 0 Å². The molecule has 19 heavy (non-hydrogen) atoms. The minimum Gasteiger partial charge on any atom is -0.388 e. The van der Waals surface area contributed by atoms with Crippen molar-refractivity contribution < 1.29 is 14.7 Å². The number of carbonyl (C=O) groups excluding carboxylic acids is 2. The third-order valence-electron chi connectivity index (χ3n) is 4.12. The van der Waals surface area contributed by atoms with E-state index in [1.807, 2.05) is 0 Å². The van der Waals surface area contributed by atoms with Gasteiger partial charge in [0, 0.05) is 12.3 Å². The molecule has 2 fully saturated rings. The number of thioether (sulfide) groups is 1. The van der Waals surface area contributed by atoms with Crippen LogP contribution in [0.2, 0.25) is 0 Å². The molecule has 0 aromatic carbocycles. The van der Waals surface area contributed by atoms with Gasteiger partial charge in [-0.1, -0.05) is 25.6 Å². The van der Waals surface area contributed by atoms with Crippen molar-refractivity contribution >= 4 is 22.9 Å². The fraction of sp³-hybridized carbons (Fsp3) is 0.846. The van der Waals surface area contributed by atoms with Crippen LogP contribution in [0.5, 0.6) is 0 Å². The summed E-state index contributed by atoms with van der Waals surface area (Å²) in [7, 11) is 0. The highest BCUT2D eigenvalue weighted by Gasteiger charge is 2.37. The molecule has 2 amide bonds. The highest BCUT2D eigenvalue weighted by atomic mass is 32.2. The Labute approximate surface area is 117 Å². The molecule has 1 heterocycles. The summed E-state index contributed by atoms with van der Waals surface area (Å²) in [5, 5.41) is 15.6. The van der Waals surface area contributed by atoms with Gasteiger partial charge in [0.25, 0.3) is 5.24 Å².